The summed E-state index contributed by atoms with van der Waals surface area (Å²) in [4.78, 5) is 15.6. The van der Waals surface area contributed by atoms with Crippen molar-refractivity contribution < 1.29 is 4.79 Å². The summed E-state index contributed by atoms with van der Waals surface area (Å²) in [6.45, 7) is 3.53. The van der Waals surface area contributed by atoms with Gasteiger partial charge in [0, 0.05) is 20.1 Å². The van der Waals surface area contributed by atoms with Crippen molar-refractivity contribution in [2.75, 3.05) is 34.2 Å². The number of rotatable bonds is 4. The van der Waals surface area contributed by atoms with Crippen LogP contribution in [0.15, 0.2) is 0 Å². The van der Waals surface area contributed by atoms with Crippen molar-refractivity contribution in [3.63, 3.8) is 0 Å². The molecule has 100 valence electrons. The average molecular weight is 241 g/mol. The van der Waals surface area contributed by atoms with E-state index in [0.29, 0.717) is 18.5 Å². The highest BCUT2D eigenvalue weighted by atomic mass is 16.2. The summed E-state index contributed by atoms with van der Waals surface area (Å²) in [5.74, 6) is 1.47. The average Bonchev–Trinajstić information content (AvgIpc) is 2.28. The molecule has 1 rings (SSSR count). The molecule has 0 saturated heterocycles. The molecule has 3 unspecified atom stereocenters. The van der Waals surface area contributed by atoms with E-state index in [1.807, 2.05) is 7.05 Å². The summed E-state index contributed by atoms with van der Waals surface area (Å²) in [5, 5.41) is 0. The topological polar surface area (TPSA) is 49.6 Å². The molecule has 0 aromatic heterocycles. The van der Waals surface area contributed by atoms with Crippen LogP contribution in [0.5, 0.6) is 0 Å². The van der Waals surface area contributed by atoms with Gasteiger partial charge in [-0.1, -0.05) is 13.3 Å². The molecule has 0 heterocycles. The molecule has 1 saturated carbocycles. The highest BCUT2D eigenvalue weighted by molar-refractivity contribution is 5.77. The molecular weight excluding hydrogens is 214 g/mol. The molecule has 3 atom stereocenters. The lowest BCUT2D eigenvalue weighted by Gasteiger charge is -2.40. The van der Waals surface area contributed by atoms with Crippen LogP contribution in [0.2, 0.25) is 0 Å². The molecule has 0 aromatic carbocycles. The lowest BCUT2D eigenvalue weighted by molar-refractivity contribution is -0.130. The summed E-state index contributed by atoms with van der Waals surface area (Å²) in [7, 11) is 5.66. The standard InChI is InChI=1S/C13H27N3O/c1-10-5-6-11(8-14)12(7-10)16(4)9-13(17)15(2)3/h10-12H,5-9,14H2,1-4H3. The van der Waals surface area contributed by atoms with Crippen LogP contribution in [-0.4, -0.2) is 56.0 Å². The number of likely N-dealkylation sites (N-methyl/N-ethyl adjacent to an activating group) is 2. The largest absolute Gasteiger partial charge is 0.348 e. The number of nitrogens with two attached hydrogens (primary N) is 1. The molecule has 1 fully saturated rings. The Hall–Kier alpha value is -0.610. The fourth-order valence-electron chi connectivity index (χ4n) is 2.70. The SMILES string of the molecule is CC1CCC(CN)C(N(C)CC(=O)N(C)C)C1. The van der Waals surface area contributed by atoms with Gasteiger partial charge in [-0.3, -0.25) is 9.69 Å². The van der Waals surface area contributed by atoms with Gasteiger partial charge in [0.05, 0.1) is 6.54 Å². The van der Waals surface area contributed by atoms with Crippen molar-refractivity contribution >= 4 is 5.91 Å². The van der Waals surface area contributed by atoms with Crippen molar-refractivity contribution in [1.82, 2.24) is 9.80 Å². The molecule has 2 N–H and O–H groups in total. The Balaban J connectivity index is 2.58. The van der Waals surface area contributed by atoms with Crippen LogP contribution in [0.25, 0.3) is 0 Å². The highest BCUT2D eigenvalue weighted by Crippen LogP contribution is 2.31. The Morgan fingerprint density at radius 3 is 2.47 bits per heavy atom. The fourth-order valence-corrected chi connectivity index (χ4v) is 2.70. The zero-order valence-electron chi connectivity index (χ0n) is 11.6. The van der Waals surface area contributed by atoms with Crippen molar-refractivity contribution in [3.05, 3.63) is 0 Å². The zero-order chi connectivity index (χ0) is 13.0. The van der Waals surface area contributed by atoms with E-state index in [1.54, 1.807) is 19.0 Å². The second-order valence-corrected chi connectivity index (χ2v) is 5.68. The highest BCUT2D eigenvalue weighted by Gasteiger charge is 2.31. The first-order valence-electron chi connectivity index (χ1n) is 6.56. The van der Waals surface area contributed by atoms with E-state index in [1.165, 1.54) is 19.3 Å². The Morgan fingerprint density at radius 1 is 1.29 bits per heavy atom. The first kappa shape index (κ1) is 14.5. The maximum Gasteiger partial charge on any atom is 0.236 e. The lowest BCUT2D eigenvalue weighted by Crippen LogP contribution is -2.48. The monoisotopic (exact) mass is 241 g/mol. The number of nitrogens with zero attached hydrogens (tertiary/aromatic N) is 2. The number of amides is 1. The van der Waals surface area contributed by atoms with Gasteiger partial charge >= 0.3 is 0 Å². The van der Waals surface area contributed by atoms with Gasteiger partial charge in [0.2, 0.25) is 5.91 Å². The molecular formula is C13H27N3O. The minimum absolute atomic E-state index is 0.168. The second kappa shape index (κ2) is 6.36. The molecule has 1 aliphatic carbocycles. The van der Waals surface area contributed by atoms with Gasteiger partial charge in [0.15, 0.2) is 0 Å². The van der Waals surface area contributed by atoms with Crippen LogP contribution in [0.1, 0.15) is 26.2 Å². The van der Waals surface area contributed by atoms with Crippen LogP contribution in [0, 0.1) is 11.8 Å². The third-order valence-corrected chi connectivity index (χ3v) is 3.97. The summed E-state index contributed by atoms with van der Waals surface area (Å²) < 4.78 is 0. The zero-order valence-corrected chi connectivity index (χ0v) is 11.6. The molecule has 0 radical (unpaired) electrons. The first-order valence-corrected chi connectivity index (χ1v) is 6.56. The van der Waals surface area contributed by atoms with Gasteiger partial charge in [-0.2, -0.15) is 0 Å². The van der Waals surface area contributed by atoms with E-state index < -0.39 is 0 Å². The number of carbonyl (C=O) groups excluding carboxylic acids is 1. The van der Waals surface area contributed by atoms with Gasteiger partial charge in [-0.05, 0) is 38.3 Å². The lowest BCUT2D eigenvalue weighted by atomic mass is 9.78. The van der Waals surface area contributed by atoms with E-state index in [0.717, 1.165) is 12.5 Å². The maximum absolute atomic E-state index is 11.7. The predicted octanol–water partition coefficient (Wildman–Crippen LogP) is 0.770. The molecule has 0 bridgehead atoms. The summed E-state index contributed by atoms with van der Waals surface area (Å²) in [6.07, 6.45) is 3.63. The van der Waals surface area contributed by atoms with Gasteiger partial charge in [0.25, 0.3) is 0 Å². The Morgan fingerprint density at radius 2 is 1.94 bits per heavy atom. The van der Waals surface area contributed by atoms with Crippen molar-refractivity contribution in [2.45, 2.75) is 32.2 Å². The van der Waals surface area contributed by atoms with E-state index in [9.17, 15) is 4.79 Å². The van der Waals surface area contributed by atoms with Crippen LogP contribution in [-0.2, 0) is 4.79 Å². The Labute approximate surface area is 105 Å². The number of carbonyl (C=O) groups is 1. The number of hydrogen-bond donors (Lipinski definition) is 1. The van der Waals surface area contributed by atoms with Crippen LogP contribution in [0.4, 0.5) is 0 Å². The molecule has 4 nitrogen and oxygen atoms in total. The summed E-state index contributed by atoms with van der Waals surface area (Å²) >= 11 is 0. The van der Waals surface area contributed by atoms with Crippen molar-refractivity contribution in [1.29, 1.82) is 0 Å². The van der Waals surface area contributed by atoms with E-state index in [-0.39, 0.29) is 5.91 Å². The third kappa shape index (κ3) is 3.96. The molecule has 17 heavy (non-hydrogen) atoms. The van der Waals surface area contributed by atoms with Gasteiger partial charge in [-0.25, -0.2) is 0 Å². The van der Waals surface area contributed by atoms with Gasteiger partial charge < -0.3 is 10.6 Å². The van der Waals surface area contributed by atoms with Crippen molar-refractivity contribution in [2.24, 2.45) is 17.6 Å². The van der Waals surface area contributed by atoms with Gasteiger partial charge in [0.1, 0.15) is 0 Å². The van der Waals surface area contributed by atoms with E-state index in [2.05, 4.69) is 11.8 Å². The van der Waals surface area contributed by atoms with Crippen molar-refractivity contribution in [3.8, 4) is 0 Å². The minimum atomic E-state index is 0.168. The Bertz CT molecular complexity index is 255. The summed E-state index contributed by atoms with van der Waals surface area (Å²) in [5.41, 5.74) is 5.85. The molecule has 0 aromatic rings. The van der Waals surface area contributed by atoms with Crippen LogP contribution >= 0.6 is 0 Å². The van der Waals surface area contributed by atoms with E-state index >= 15 is 0 Å². The molecule has 0 aliphatic heterocycles. The van der Waals surface area contributed by atoms with Gasteiger partial charge in [-0.15, -0.1) is 0 Å². The predicted molar refractivity (Wildman–Crippen MR) is 70.7 cm³/mol. The maximum atomic E-state index is 11.7. The number of hydrogen-bond acceptors (Lipinski definition) is 3. The van der Waals surface area contributed by atoms with Crippen LogP contribution in [0.3, 0.4) is 0 Å². The quantitative estimate of drug-likeness (QED) is 0.791. The Kier molecular flexibility index (Phi) is 5.40. The minimum Gasteiger partial charge on any atom is -0.348 e. The fraction of sp³-hybridized carbons (Fsp3) is 0.923. The van der Waals surface area contributed by atoms with E-state index in [4.69, 9.17) is 5.73 Å². The first-order chi connectivity index (χ1) is 7.95. The molecule has 0 spiro atoms. The molecule has 1 amide bonds. The van der Waals surface area contributed by atoms with Crippen LogP contribution < -0.4 is 5.73 Å². The normalized spacial score (nSPS) is 29.4. The molecule has 4 heteroatoms. The smallest absolute Gasteiger partial charge is 0.236 e. The summed E-state index contributed by atoms with van der Waals surface area (Å²) in [6, 6.07) is 0.465. The molecule has 1 aliphatic rings. The third-order valence-electron chi connectivity index (χ3n) is 3.97. The second-order valence-electron chi connectivity index (χ2n) is 5.68.